The monoisotopic (exact) mass is 445 g/mol. The van der Waals surface area contributed by atoms with Gasteiger partial charge in [0, 0.05) is 10.8 Å². The maximum Gasteiger partial charge on any atom is 0.411 e. The number of rotatable bonds is 13. The lowest BCUT2D eigenvalue weighted by atomic mass is 9.93. The normalized spacial score (nSPS) is 16.3. The topological polar surface area (TPSA) is 128 Å². The van der Waals surface area contributed by atoms with Crippen molar-refractivity contribution in [3.63, 3.8) is 0 Å². The average Bonchev–Trinajstić information content (AvgIpc) is 2.40. The van der Waals surface area contributed by atoms with Crippen LogP contribution in [0.25, 0.3) is 0 Å². The highest BCUT2D eigenvalue weighted by atomic mass is 32.3. The summed E-state index contributed by atoms with van der Waals surface area (Å²) in [5.41, 5.74) is -2.15. The van der Waals surface area contributed by atoms with Crippen molar-refractivity contribution < 1.29 is 52.4 Å². The molecule has 0 rings (SSSR count). The molecule has 0 saturated heterocycles. The van der Waals surface area contributed by atoms with Crippen molar-refractivity contribution in [2.24, 2.45) is 10.8 Å². The van der Waals surface area contributed by atoms with Crippen LogP contribution in [0.2, 0.25) is 0 Å². The van der Waals surface area contributed by atoms with Gasteiger partial charge in [-0.15, -0.1) is 0 Å². The molecule has 0 radical (unpaired) electrons. The summed E-state index contributed by atoms with van der Waals surface area (Å²) >= 11 is 0. The smallest absolute Gasteiger partial charge is 0.411 e. The van der Waals surface area contributed by atoms with Gasteiger partial charge in [-0.2, -0.15) is 21.6 Å². The fourth-order valence-electron chi connectivity index (χ4n) is 1.63. The van der Waals surface area contributed by atoms with E-state index in [0.29, 0.717) is 0 Å². The molecule has 0 saturated carbocycles. The maximum atomic E-state index is 12.2. The molecule has 0 aliphatic carbocycles. The lowest BCUT2D eigenvalue weighted by Gasteiger charge is -2.31. The first-order chi connectivity index (χ1) is 11.8. The highest BCUT2D eigenvalue weighted by Gasteiger charge is 2.33. The Balaban J connectivity index is 4.77. The van der Waals surface area contributed by atoms with Gasteiger partial charge in [-0.3, -0.25) is 8.37 Å². The minimum Gasteiger partial charge on any atom is -0.726 e. The molecule has 0 aromatic heterocycles. The molecular weight excluding hydrogens is 421 g/mol. The van der Waals surface area contributed by atoms with Crippen LogP contribution in [-0.4, -0.2) is 73.5 Å². The number of halogens is 3. The average molecular weight is 445 g/mol. The van der Waals surface area contributed by atoms with Crippen molar-refractivity contribution in [2.75, 3.05) is 45.9 Å². The van der Waals surface area contributed by atoms with E-state index in [9.17, 15) is 34.6 Å². The Morgan fingerprint density at radius 3 is 1.67 bits per heavy atom. The summed E-state index contributed by atoms with van der Waals surface area (Å²) < 4.78 is 109. The molecule has 164 valence electrons. The minimum atomic E-state index is -5.06. The van der Waals surface area contributed by atoms with Gasteiger partial charge in [0.1, 0.15) is 6.61 Å². The molecule has 0 amide bonds. The van der Waals surface area contributed by atoms with Crippen LogP contribution in [0.3, 0.4) is 0 Å². The van der Waals surface area contributed by atoms with E-state index in [4.69, 9.17) is 4.74 Å². The summed E-state index contributed by atoms with van der Waals surface area (Å²) in [6.07, 6.45) is -3.71. The minimum absolute atomic E-state index is 0.0680. The van der Waals surface area contributed by atoms with E-state index in [0.717, 1.165) is 6.26 Å². The molecule has 0 aromatic rings. The van der Waals surface area contributed by atoms with Gasteiger partial charge in [0.15, 0.2) is 0 Å². The number of hydrogen-bond donors (Lipinski definition) is 0. The van der Waals surface area contributed by atoms with Gasteiger partial charge < -0.3 is 14.0 Å². The lowest BCUT2D eigenvalue weighted by Crippen LogP contribution is -2.38. The van der Waals surface area contributed by atoms with E-state index >= 15 is 0 Å². The summed E-state index contributed by atoms with van der Waals surface area (Å²) in [5, 5.41) is 0. The molecular formula is C13H24F3O9S2-. The number of hydrogen-bond acceptors (Lipinski definition) is 9. The molecule has 9 nitrogen and oxygen atoms in total. The van der Waals surface area contributed by atoms with E-state index in [1.165, 1.54) is 6.92 Å². The molecule has 1 unspecified atom stereocenters. The van der Waals surface area contributed by atoms with E-state index in [1.807, 2.05) is 0 Å². The van der Waals surface area contributed by atoms with Gasteiger partial charge in [-0.1, -0.05) is 20.8 Å². The van der Waals surface area contributed by atoms with Crippen molar-refractivity contribution in [3.05, 3.63) is 0 Å². The second-order valence-corrected chi connectivity index (χ2v) is 9.91. The van der Waals surface area contributed by atoms with Crippen LogP contribution < -0.4 is 0 Å². The van der Waals surface area contributed by atoms with Gasteiger partial charge in [0.25, 0.3) is 10.1 Å². The Kier molecular flexibility index (Phi) is 9.62. The molecule has 14 heteroatoms. The standard InChI is InChI=1S/C13H25F3O9S2/c1-11(2,6-24-26(4,17)18)5-22-7-12(3,9-25-27(19,20)21)8-23-10-13(14,15)16/h5-10H2,1-4H3,(H,19,20,21)/p-1. The zero-order valence-electron chi connectivity index (χ0n) is 15.4. The van der Waals surface area contributed by atoms with Crippen molar-refractivity contribution in [1.82, 2.24) is 0 Å². The van der Waals surface area contributed by atoms with E-state index in [-0.39, 0.29) is 19.8 Å². The number of alkyl halides is 3. The lowest BCUT2D eigenvalue weighted by molar-refractivity contribution is -0.184. The van der Waals surface area contributed by atoms with Crippen LogP contribution in [0.5, 0.6) is 0 Å². The second kappa shape index (κ2) is 9.80. The first kappa shape index (κ1) is 26.5. The first-order valence-corrected chi connectivity index (χ1v) is 10.6. The summed E-state index contributed by atoms with van der Waals surface area (Å²) in [6, 6.07) is 0. The third-order valence-electron chi connectivity index (χ3n) is 2.88. The molecule has 0 bridgehead atoms. The quantitative estimate of drug-likeness (QED) is 0.232. The van der Waals surface area contributed by atoms with Gasteiger partial charge in [-0.25, -0.2) is 8.42 Å². The Morgan fingerprint density at radius 2 is 1.26 bits per heavy atom. The predicted molar refractivity (Wildman–Crippen MR) is 86.0 cm³/mol. The summed E-state index contributed by atoms with van der Waals surface area (Å²) in [5.74, 6) is 0. The largest absolute Gasteiger partial charge is 0.726 e. The Labute approximate surface area is 157 Å². The fraction of sp³-hybridized carbons (Fsp3) is 1.00. The van der Waals surface area contributed by atoms with Crippen molar-refractivity contribution >= 4 is 20.5 Å². The molecule has 1 atom stereocenters. The van der Waals surface area contributed by atoms with Crippen molar-refractivity contribution in [2.45, 2.75) is 26.9 Å². The molecule has 0 aliphatic rings. The molecule has 0 heterocycles. The van der Waals surface area contributed by atoms with Crippen LogP contribution >= 0.6 is 0 Å². The first-order valence-electron chi connectivity index (χ1n) is 7.50. The molecule has 0 aromatic carbocycles. The van der Waals surface area contributed by atoms with Gasteiger partial charge >= 0.3 is 6.18 Å². The highest BCUT2D eigenvalue weighted by Crippen LogP contribution is 2.24. The fourth-order valence-corrected chi connectivity index (χ4v) is 2.60. The SMILES string of the molecule is CC(C)(COCC(C)(COCC(F)(F)F)COS(=O)(=O)[O-])COS(C)(=O)=O. The Hall–Kier alpha value is -0.510. The zero-order valence-corrected chi connectivity index (χ0v) is 17.0. The van der Waals surface area contributed by atoms with E-state index in [1.54, 1.807) is 13.8 Å². The molecule has 27 heavy (non-hydrogen) atoms. The highest BCUT2D eigenvalue weighted by molar-refractivity contribution is 7.86. The maximum absolute atomic E-state index is 12.2. The molecule has 0 aliphatic heterocycles. The Bertz CT molecular complexity index is 659. The van der Waals surface area contributed by atoms with Crippen LogP contribution in [0, 0.1) is 10.8 Å². The van der Waals surface area contributed by atoms with Gasteiger partial charge in [0.2, 0.25) is 10.4 Å². The van der Waals surface area contributed by atoms with Crippen molar-refractivity contribution in [3.8, 4) is 0 Å². The molecule has 0 N–H and O–H groups in total. The summed E-state index contributed by atoms with van der Waals surface area (Å²) in [7, 11) is -8.72. The zero-order chi connectivity index (χ0) is 21.6. The predicted octanol–water partition coefficient (Wildman–Crippen LogP) is 1.07. The van der Waals surface area contributed by atoms with Crippen LogP contribution in [0.1, 0.15) is 20.8 Å². The van der Waals surface area contributed by atoms with Gasteiger partial charge in [-0.05, 0) is 0 Å². The van der Waals surface area contributed by atoms with E-state index in [2.05, 4.69) is 13.1 Å². The second-order valence-electron chi connectivity index (χ2n) is 7.21. The van der Waals surface area contributed by atoms with E-state index < -0.39 is 57.3 Å². The summed E-state index contributed by atoms with van der Waals surface area (Å²) in [4.78, 5) is 0. The summed E-state index contributed by atoms with van der Waals surface area (Å²) in [6.45, 7) is 1.04. The van der Waals surface area contributed by atoms with Crippen LogP contribution in [-0.2, 0) is 38.4 Å². The third kappa shape index (κ3) is 16.2. The third-order valence-corrected chi connectivity index (χ3v) is 3.83. The molecule has 0 spiro atoms. The van der Waals surface area contributed by atoms with Crippen LogP contribution in [0.15, 0.2) is 0 Å². The van der Waals surface area contributed by atoms with Gasteiger partial charge in [0.05, 0.1) is 39.3 Å². The Morgan fingerprint density at radius 1 is 0.778 bits per heavy atom. The number of ether oxygens (including phenoxy) is 2. The van der Waals surface area contributed by atoms with Crippen molar-refractivity contribution in [1.29, 1.82) is 0 Å². The molecule has 0 fully saturated rings. The van der Waals surface area contributed by atoms with Crippen LogP contribution in [0.4, 0.5) is 13.2 Å².